The van der Waals surface area contributed by atoms with E-state index < -0.39 is 0 Å². The van der Waals surface area contributed by atoms with Gasteiger partial charge in [-0.2, -0.15) is 0 Å². The van der Waals surface area contributed by atoms with Crippen molar-refractivity contribution in [2.75, 3.05) is 12.3 Å². The smallest absolute Gasteiger partial charge is 0.338 e. The van der Waals surface area contributed by atoms with Gasteiger partial charge in [-0.3, -0.25) is 4.98 Å². The van der Waals surface area contributed by atoms with E-state index in [1.165, 1.54) is 0 Å². The number of hydrogen-bond donors (Lipinski definition) is 1. The van der Waals surface area contributed by atoms with Gasteiger partial charge in [0.15, 0.2) is 0 Å². The molecule has 0 saturated carbocycles. The van der Waals surface area contributed by atoms with Crippen molar-refractivity contribution in [2.45, 2.75) is 13.3 Å². The summed E-state index contributed by atoms with van der Waals surface area (Å²) in [6, 6.07) is 8.97. The lowest BCUT2D eigenvalue weighted by molar-refractivity contribution is 0.0508. The molecule has 0 amide bonds. The summed E-state index contributed by atoms with van der Waals surface area (Å²) in [6.07, 6.45) is 4.13. The SMILES string of the molecule is Cc1cc(N)ccc1C(=O)OCCc1ccncc1. The second-order valence-corrected chi connectivity index (χ2v) is 4.32. The first-order valence-corrected chi connectivity index (χ1v) is 6.09. The fourth-order valence-electron chi connectivity index (χ4n) is 1.80. The third-order valence-electron chi connectivity index (χ3n) is 2.84. The average molecular weight is 256 g/mol. The molecule has 1 aromatic carbocycles. The van der Waals surface area contributed by atoms with E-state index in [-0.39, 0.29) is 5.97 Å². The summed E-state index contributed by atoms with van der Waals surface area (Å²) in [5.74, 6) is -0.313. The summed E-state index contributed by atoms with van der Waals surface area (Å²) in [5, 5.41) is 0. The summed E-state index contributed by atoms with van der Waals surface area (Å²) < 4.78 is 5.25. The fourth-order valence-corrected chi connectivity index (χ4v) is 1.80. The van der Waals surface area contributed by atoms with Gasteiger partial charge in [-0.15, -0.1) is 0 Å². The maximum absolute atomic E-state index is 11.9. The molecule has 0 radical (unpaired) electrons. The number of hydrogen-bond acceptors (Lipinski definition) is 4. The molecule has 4 nitrogen and oxygen atoms in total. The number of nitrogen functional groups attached to an aromatic ring is 1. The predicted molar refractivity (Wildman–Crippen MR) is 73.8 cm³/mol. The van der Waals surface area contributed by atoms with E-state index in [1.54, 1.807) is 30.6 Å². The van der Waals surface area contributed by atoms with Gasteiger partial charge in [-0.1, -0.05) is 0 Å². The first-order valence-electron chi connectivity index (χ1n) is 6.09. The van der Waals surface area contributed by atoms with Crippen LogP contribution in [-0.2, 0) is 11.2 Å². The van der Waals surface area contributed by atoms with Crippen LogP contribution in [0.4, 0.5) is 5.69 Å². The predicted octanol–water partition coefficient (Wildman–Crippen LogP) is 2.37. The van der Waals surface area contributed by atoms with Crippen molar-refractivity contribution in [2.24, 2.45) is 0 Å². The molecule has 2 rings (SSSR count). The zero-order chi connectivity index (χ0) is 13.7. The fraction of sp³-hybridized carbons (Fsp3) is 0.200. The molecule has 0 saturated heterocycles. The van der Waals surface area contributed by atoms with E-state index in [9.17, 15) is 4.79 Å². The highest BCUT2D eigenvalue weighted by atomic mass is 16.5. The van der Waals surface area contributed by atoms with Crippen LogP contribution >= 0.6 is 0 Å². The topological polar surface area (TPSA) is 65.2 Å². The summed E-state index contributed by atoms with van der Waals surface area (Å²) in [5.41, 5.74) is 8.77. The highest BCUT2D eigenvalue weighted by molar-refractivity contribution is 5.91. The number of anilines is 1. The van der Waals surface area contributed by atoms with E-state index in [4.69, 9.17) is 10.5 Å². The lowest BCUT2D eigenvalue weighted by atomic mass is 10.1. The Bertz CT molecular complexity index is 568. The number of benzene rings is 1. The van der Waals surface area contributed by atoms with Crippen molar-refractivity contribution in [1.29, 1.82) is 0 Å². The number of pyridine rings is 1. The second-order valence-electron chi connectivity index (χ2n) is 4.32. The number of nitrogens with two attached hydrogens (primary N) is 1. The van der Waals surface area contributed by atoms with Gasteiger partial charge in [-0.25, -0.2) is 4.79 Å². The van der Waals surface area contributed by atoms with Gasteiger partial charge in [0.25, 0.3) is 0 Å². The number of esters is 1. The van der Waals surface area contributed by atoms with Gasteiger partial charge in [0.1, 0.15) is 0 Å². The van der Waals surface area contributed by atoms with Crippen LogP contribution in [0.25, 0.3) is 0 Å². The van der Waals surface area contributed by atoms with Crippen molar-refractivity contribution < 1.29 is 9.53 Å². The Labute approximate surface area is 112 Å². The van der Waals surface area contributed by atoms with Gasteiger partial charge in [0, 0.05) is 24.5 Å². The van der Waals surface area contributed by atoms with Crippen LogP contribution in [0.5, 0.6) is 0 Å². The van der Waals surface area contributed by atoms with Crippen LogP contribution in [0.1, 0.15) is 21.5 Å². The Hall–Kier alpha value is -2.36. The highest BCUT2D eigenvalue weighted by Gasteiger charge is 2.10. The van der Waals surface area contributed by atoms with Gasteiger partial charge in [0.05, 0.1) is 12.2 Å². The molecule has 0 atom stereocenters. The number of carbonyl (C=O) groups is 1. The van der Waals surface area contributed by atoms with Gasteiger partial charge < -0.3 is 10.5 Å². The quantitative estimate of drug-likeness (QED) is 0.673. The van der Waals surface area contributed by atoms with Gasteiger partial charge in [0.2, 0.25) is 0 Å². The maximum Gasteiger partial charge on any atom is 0.338 e. The first-order chi connectivity index (χ1) is 9.16. The van der Waals surface area contributed by atoms with E-state index in [2.05, 4.69) is 4.98 Å². The average Bonchev–Trinajstić information content (AvgIpc) is 2.39. The summed E-state index contributed by atoms with van der Waals surface area (Å²) >= 11 is 0. The molecular weight excluding hydrogens is 240 g/mol. The normalized spacial score (nSPS) is 10.2. The third-order valence-corrected chi connectivity index (χ3v) is 2.84. The molecule has 0 aliphatic carbocycles. The summed E-state index contributed by atoms with van der Waals surface area (Å²) in [4.78, 5) is 15.8. The largest absolute Gasteiger partial charge is 0.462 e. The molecule has 0 unspecified atom stereocenters. The first kappa shape index (κ1) is 13.1. The Morgan fingerprint density at radius 2 is 2.00 bits per heavy atom. The monoisotopic (exact) mass is 256 g/mol. The van der Waals surface area contributed by atoms with Crippen LogP contribution in [0.15, 0.2) is 42.7 Å². The van der Waals surface area contributed by atoms with Crippen LogP contribution in [0.2, 0.25) is 0 Å². The van der Waals surface area contributed by atoms with Gasteiger partial charge >= 0.3 is 5.97 Å². The van der Waals surface area contributed by atoms with E-state index in [1.807, 2.05) is 19.1 Å². The number of ether oxygens (including phenoxy) is 1. The molecule has 1 aromatic heterocycles. The summed E-state index contributed by atoms with van der Waals surface area (Å²) in [7, 11) is 0. The minimum atomic E-state index is -0.313. The minimum absolute atomic E-state index is 0.313. The lowest BCUT2D eigenvalue weighted by Gasteiger charge is -2.07. The van der Waals surface area contributed by atoms with Crippen molar-refractivity contribution in [3.05, 3.63) is 59.4 Å². The third kappa shape index (κ3) is 3.55. The summed E-state index contributed by atoms with van der Waals surface area (Å²) in [6.45, 7) is 2.20. The Morgan fingerprint density at radius 3 is 2.68 bits per heavy atom. The van der Waals surface area contributed by atoms with Crippen molar-refractivity contribution in [1.82, 2.24) is 4.98 Å². The van der Waals surface area contributed by atoms with Crippen LogP contribution in [0.3, 0.4) is 0 Å². The number of rotatable bonds is 4. The zero-order valence-corrected chi connectivity index (χ0v) is 10.8. The molecule has 0 aliphatic heterocycles. The van der Waals surface area contributed by atoms with Crippen molar-refractivity contribution in [3.8, 4) is 0 Å². The van der Waals surface area contributed by atoms with E-state index >= 15 is 0 Å². The van der Waals surface area contributed by atoms with Crippen LogP contribution in [0, 0.1) is 6.92 Å². The molecular formula is C15H16N2O2. The molecule has 0 fully saturated rings. The number of carbonyl (C=O) groups excluding carboxylic acids is 1. The Morgan fingerprint density at radius 1 is 1.26 bits per heavy atom. The zero-order valence-electron chi connectivity index (χ0n) is 10.8. The standard InChI is InChI=1S/C15H16N2O2/c1-11-10-13(16)2-3-14(11)15(18)19-9-6-12-4-7-17-8-5-12/h2-5,7-8,10H,6,9,16H2,1H3. The van der Waals surface area contributed by atoms with E-state index in [0.29, 0.717) is 24.3 Å². The number of aromatic nitrogens is 1. The minimum Gasteiger partial charge on any atom is -0.462 e. The van der Waals surface area contributed by atoms with Crippen molar-refractivity contribution >= 4 is 11.7 Å². The van der Waals surface area contributed by atoms with Crippen molar-refractivity contribution in [3.63, 3.8) is 0 Å². The van der Waals surface area contributed by atoms with Crippen LogP contribution in [-0.4, -0.2) is 17.6 Å². The molecule has 0 spiro atoms. The maximum atomic E-state index is 11.9. The Balaban J connectivity index is 1.91. The lowest BCUT2D eigenvalue weighted by Crippen LogP contribution is -2.10. The molecule has 19 heavy (non-hydrogen) atoms. The van der Waals surface area contributed by atoms with Crippen LogP contribution < -0.4 is 5.73 Å². The molecule has 2 N–H and O–H groups in total. The second kappa shape index (κ2) is 6.00. The molecule has 98 valence electrons. The molecule has 0 aliphatic rings. The van der Waals surface area contributed by atoms with E-state index in [0.717, 1.165) is 11.1 Å². The molecule has 0 bridgehead atoms. The van der Waals surface area contributed by atoms with Gasteiger partial charge in [-0.05, 0) is 48.4 Å². The number of nitrogens with zero attached hydrogens (tertiary/aromatic N) is 1. The number of aryl methyl sites for hydroxylation is 1. The Kier molecular flexibility index (Phi) is 4.13. The highest BCUT2D eigenvalue weighted by Crippen LogP contribution is 2.13. The molecule has 1 heterocycles. The molecule has 2 aromatic rings. The molecule has 4 heteroatoms.